The second-order valence-electron chi connectivity index (χ2n) is 14.5. The van der Waals surface area contributed by atoms with Crippen LogP contribution in [0.4, 0.5) is 5.69 Å². The number of ether oxygens (including phenoxy) is 3. The van der Waals surface area contributed by atoms with E-state index in [0.717, 1.165) is 29.3 Å². The zero-order valence-corrected chi connectivity index (χ0v) is 33.9. The molecule has 4 aliphatic rings. The number of rotatable bonds is 17. The zero-order chi connectivity index (χ0) is 40.8. The number of allylic oxidation sites excluding steroid dienone is 1. The average Bonchev–Trinajstić information content (AvgIpc) is 3.57. The van der Waals surface area contributed by atoms with Gasteiger partial charge in [0.15, 0.2) is 25.1 Å². The van der Waals surface area contributed by atoms with E-state index in [9.17, 15) is 14.4 Å². The number of fused-ring (bicyclic) bond motifs is 3. The van der Waals surface area contributed by atoms with Gasteiger partial charge in [-0.3, -0.25) is 9.59 Å². The molecule has 1 aliphatic carbocycles. The number of hydrogen-bond acceptors (Lipinski definition) is 10. The molecule has 298 valence electrons. The van der Waals surface area contributed by atoms with E-state index in [-0.39, 0.29) is 48.3 Å². The van der Waals surface area contributed by atoms with E-state index >= 15 is 0 Å². The minimum atomic E-state index is -1.97. The van der Waals surface area contributed by atoms with Crippen molar-refractivity contribution < 1.29 is 32.6 Å². The van der Waals surface area contributed by atoms with Gasteiger partial charge >= 0.3 is 5.97 Å². The third-order valence-corrected chi connectivity index (χ3v) is 15.8. The Kier molecular flexibility index (Phi) is 12.1. The monoisotopic (exact) mass is 799 g/mol. The Balaban J connectivity index is 0.989. The molecular formula is C44H45N5O8Si. The van der Waals surface area contributed by atoms with Crippen molar-refractivity contribution in [3.05, 3.63) is 140 Å². The largest absolute Gasteiger partial charge is 0.490 e. The Morgan fingerprint density at radius 3 is 2.38 bits per heavy atom. The lowest BCUT2D eigenvalue weighted by Gasteiger charge is -2.48. The molecule has 3 aromatic rings. The van der Waals surface area contributed by atoms with Crippen molar-refractivity contribution in [1.82, 2.24) is 9.88 Å². The first-order valence-electron chi connectivity index (χ1n) is 19.5. The number of carbonyl (C=O) groups excluding carboxylic acids is 2. The van der Waals surface area contributed by atoms with Gasteiger partial charge < -0.3 is 28.0 Å². The van der Waals surface area contributed by atoms with Crippen LogP contribution in [-0.2, 0) is 32.0 Å². The third-order valence-electron chi connectivity index (χ3n) is 11.1. The van der Waals surface area contributed by atoms with Crippen LogP contribution in [0.25, 0.3) is 33.0 Å². The molecule has 58 heavy (non-hydrogen) atoms. The highest BCUT2D eigenvalue weighted by atomic mass is 28.4. The lowest BCUT2D eigenvalue weighted by atomic mass is 9.83. The topological polar surface area (TPSA) is 166 Å². The van der Waals surface area contributed by atoms with Crippen LogP contribution in [-0.4, -0.2) is 48.8 Å². The second kappa shape index (κ2) is 17.5. The summed E-state index contributed by atoms with van der Waals surface area (Å²) in [6.45, 7) is 9.03. The maximum absolute atomic E-state index is 13.8. The summed E-state index contributed by atoms with van der Waals surface area (Å²) >= 11 is 0. The third kappa shape index (κ3) is 8.54. The summed E-state index contributed by atoms with van der Waals surface area (Å²) in [5, 5.41) is 3.58. The Morgan fingerprint density at radius 1 is 0.948 bits per heavy atom. The first kappa shape index (κ1) is 40.0. The molecule has 0 N–H and O–H groups in total. The number of nitrogens with zero attached hydrogens (tertiary/aromatic N) is 5. The highest BCUT2D eigenvalue weighted by molar-refractivity contribution is 6.73. The van der Waals surface area contributed by atoms with Gasteiger partial charge in [0.25, 0.3) is 0 Å². The molecule has 3 aliphatic heterocycles. The molecule has 0 spiro atoms. The van der Waals surface area contributed by atoms with Crippen LogP contribution in [0.2, 0.25) is 18.1 Å². The van der Waals surface area contributed by atoms with E-state index in [0.29, 0.717) is 58.3 Å². The van der Waals surface area contributed by atoms with Gasteiger partial charge in [-0.05, 0) is 96.2 Å². The van der Waals surface area contributed by atoms with Gasteiger partial charge in [0.1, 0.15) is 48.2 Å². The number of benzene rings is 4. The van der Waals surface area contributed by atoms with Gasteiger partial charge in [0.2, 0.25) is 5.91 Å². The van der Waals surface area contributed by atoms with Crippen molar-refractivity contribution in [2.45, 2.75) is 77.6 Å². The quantitative estimate of drug-likeness (QED) is 0.0169. The molecule has 1 amide bonds. The number of hydrogen-bond donors (Lipinski definition) is 0. The molecule has 0 radical (unpaired) electrons. The van der Waals surface area contributed by atoms with Crippen LogP contribution in [0.5, 0.6) is 11.5 Å². The van der Waals surface area contributed by atoms with Crippen LogP contribution >= 0.6 is 0 Å². The van der Waals surface area contributed by atoms with Gasteiger partial charge in [0.05, 0.1) is 18.1 Å². The van der Waals surface area contributed by atoms with Crippen molar-refractivity contribution >= 4 is 37.0 Å². The highest BCUT2D eigenvalue weighted by Gasteiger charge is 2.57. The lowest BCUT2D eigenvalue weighted by Crippen LogP contribution is -2.63. The Bertz CT molecular complexity index is 2430. The van der Waals surface area contributed by atoms with Crippen molar-refractivity contribution in [1.29, 1.82) is 0 Å². The molecule has 3 aromatic carbocycles. The SMILES string of the molecule is CC[Si](CC)(CC)O[C@H](C)[C@H]1C(=O)N2C(C(=O)OCc3ccc(N=[N+]=[N-])cc3)=C(/C=C/COc3ccc(COc4ccc5nc6ccc(=O)cc-6oc5c4)cc3)C[C@H]12. The molecule has 1 saturated heterocycles. The smallest absolute Gasteiger partial charge is 0.355 e. The molecule has 3 heterocycles. The molecule has 1 fully saturated rings. The van der Waals surface area contributed by atoms with Crippen molar-refractivity contribution in [2.24, 2.45) is 11.0 Å². The summed E-state index contributed by atoms with van der Waals surface area (Å²) in [4.78, 5) is 48.1. The fourth-order valence-electron chi connectivity index (χ4n) is 7.68. The van der Waals surface area contributed by atoms with Crippen molar-refractivity contribution in [3.63, 3.8) is 0 Å². The second-order valence-corrected chi connectivity index (χ2v) is 19.2. The van der Waals surface area contributed by atoms with Crippen molar-refractivity contribution in [2.75, 3.05) is 6.61 Å². The molecule has 13 nitrogen and oxygen atoms in total. The van der Waals surface area contributed by atoms with E-state index in [1.165, 1.54) is 12.1 Å². The van der Waals surface area contributed by atoms with E-state index in [4.69, 9.17) is 28.6 Å². The molecule has 3 atom stereocenters. The molecule has 14 heteroatoms. The molecule has 0 bridgehead atoms. The Morgan fingerprint density at radius 2 is 1.66 bits per heavy atom. The van der Waals surface area contributed by atoms with E-state index in [2.05, 4.69) is 35.8 Å². The maximum Gasteiger partial charge on any atom is 0.355 e. The minimum absolute atomic E-state index is 0.00946. The fourth-order valence-corrected chi connectivity index (χ4v) is 10.6. The lowest BCUT2D eigenvalue weighted by molar-refractivity contribution is -0.162. The standard InChI is InChI=1S/C44H45N5O8Si/c1-5-58(6-2,7-3)57-28(4)41-38-23-31(42(49(38)43(41)51)44(52)55-27-29-10-14-32(15-11-29)47-48-45)9-8-22-53-34-17-12-30(13-18-34)26-54-35-19-21-37-40(25-35)56-39-24-33(50)16-20-36(39)46-37/h8-21,24-25,28,38,41H,5-7,22-23,26-27H2,1-4H3/b9-8+/t28-,38-,41-/m1/s1. The molecule has 0 unspecified atom stereocenters. The first-order valence-corrected chi connectivity index (χ1v) is 22.1. The van der Waals surface area contributed by atoms with Crippen LogP contribution in [0, 0.1) is 5.92 Å². The summed E-state index contributed by atoms with van der Waals surface area (Å²) in [6.07, 6.45) is 3.92. The van der Waals surface area contributed by atoms with Gasteiger partial charge in [0, 0.05) is 22.7 Å². The average molecular weight is 800 g/mol. The summed E-state index contributed by atoms with van der Waals surface area (Å²) in [7, 11) is -1.97. The number of carbonyl (C=O) groups is 2. The summed E-state index contributed by atoms with van der Waals surface area (Å²) < 4.78 is 30.4. The van der Waals surface area contributed by atoms with Crippen LogP contribution in [0.1, 0.15) is 45.2 Å². The van der Waals surface area contributed by atoms with Crippen LogP contribution in [0.15, 0.2) is 123 Å². The van der Waals surface area contributed by atoms with Gasteiger partial charge in [-0.2, -0.15) is 0 Å². The van der Waals surface area contributed by atoms with E-state index < -0.39 is 14.3 Å². The number of aromatic nitrogens is 1. The zero-order valence-electron chi connectivity index (χ0n) is 32.9. The summed E-state index contributed by atoms with van der Waals surface area (Å²) in [5.41, 5.74) is 13.4. The Hall–Kier alpha value is -6.21. The van der Waals surface area contributed by atoms with E-state index in [1.807, 2.05) is 55.5 Å². The first-order chi connectivity index (χ1) is 28.1. The molecule has 0 saturated carbocycles. The number of amides is 1. The molecule has 7 rings (SSSR count). The normalized spacial score (nSPS) is 17.0. The van der Waals surface area contributed by atoms with Crippen LogP contribution in [0.3, 0.4) is 0 Å². The number of esters is 1. The highest BCUT2D eigenvalue weighted by Crippen LogP contribution is 2.46. The number of azide groups is 1. The van der Waals surface area contributed by atoms with Gasteiger partial charge in [-0.15, -0.1) is 0 Å². The molecular weight excluding hydrogens is 755 g/mol. The van der Waals surface area contributed by atoms with Gasteiger partial charge in [-0.25, -0.2) is 9.78 Å². The van der Waals surface area contributed by atoms with E-state index in [1.54, 1.807) is 41.3 Å². The predicted molar refractivity (Wildman–Crippen MR) is 221 cm³/mol. The summed E-state index contributed by atoms with van der Waals surface area (Å²) in [5.74, 6) is 0.615. The number of β-lactam (4-membered cyclic amide) rings is 1. The van der Waals surface area contributed by atoms with Gasteiger partial charge in [-0.1, -0.05) is 68.4 Å². The molecule has 0 aromatic heterocycles. The maximum atomic E-state index is 13.8. The summed E-state index contributed by atoms with van der Waals surface area (Å²) in [6, 6.07) is 27.0. The van der Waals surface area contributed by atoms with Crippen LogP contribution < -0.4 is 14.9 Å². The van der Waals surface area contributed by atoms with Crippen molar-refractivity contribution in [3.8, 4) is 23.0 Å². The fraction of sp³-hybridized carbons (Fsp3) is 0.318. The Labute approximate surface area is 337 Å². The predicted octanol–water partition coefficient (Wildman–Crippen LogP) is 9.39. The minimum Gasteiger partial charge on any atom is -0.490 e.